The zero-order valence-corrected chi connectivity index (χ0v) is 8.55. The SMILES string of the molecule is Brc1ccccc1.c1cncnc1. The van der Waals surface area contributed by atoms with Crippen molar-refractivity contribution in [2.45, 2.75) is 0 Å². The van der Waals surface area contributed by atoms with Crippen molar-refractivity contribution in [2.75, 3.05) is 0 Å². The molecule has 0 amide bonds. The van der Waals surface area contributed by atoms with Gasteiger partial charge in [-0.15, -0.1) is 0 Å². The highest BCUT2D eigenvalue weighted by Gasteiger charge is 1.74. The summed E-state index contributed by atoms with van der Waals surface area (Å²) in [4.78, 5) is 7.35. The van der Waals surface area contributed by atoms with Gasteiger partial charge in [0.25, 0.3) is 0 Å². The van der Waals surface area contributed by atoms with Crippen LogP contribution in [-0.4, -0.2) is 9.97 Å². The van der Waals surface area contributed by atoms with Crippen LogP contribution in [0.1, 0.15) is 0 Å². The molecule has 0 aliphatic carbocycles. The molecule has 13 heavy (non-hydrogen) atoms. The van der Waals surface area contributed by atoms with Crippen molar-refractivity contribution in [3.63, 3.8) is 0 Å². The molecule has 0 unspecified atom stereocenters. The number of hydrogen-bond acceptors (Lipinski definition) is 2. The molecule has 0 aliphatic rings. The van der Waals surface area contributed by atoms with Gasteiger partial charge in [-0.2, -0.15) is 0 Å². The molecule has 1 aromatic carbocycles. The average Bonchev–Trinajstić information content (AvgIpc) is 2.22. The van der Waals surface area contributed by atoms with E-state index in [1.54, 1.807) is 18.5 Å². The quantitative estimate of drug-likeness (QED) is 0.703. The zero-order chi connectivity index (χ0) is 9.36. The molecule has 0 N–H and O–H groups in total. The predicted molar refractivity (Wildman–Crippen MR) is 56.2 cm³/mol. The van der Waals surface area contributed by atoms with Crippen molar-refractivity contribution in [3.05, 3.63) is 59.6 Å². The number of rotatable bonds is 0. The fourth-order valence-electron chi connectivity index (χ4n) is 0.668. The molecule has 0 spiro atoms. The summed E-state index contributed by atoms with van der Waals surface area (Å²) in [5.74, 6) is 0. The molecule has 0 saturated carbocycles. The van der Waals surface area contributed by atoms with Crippen LogP contribution in [0.3, 0.4) is 0 Å². The highest BCUT2D eigenvalue weighted by atomic mass is 79.9. The lowest BCUT2D eigenvalue weighted by molar-refractivity contribution is 1.17. The highest BCUT2D eigenvalue weighted by Crippen LogP contribution is 2.05. The molecule has 0 bridgehead atoms. The molecule has 2 rings (SSSR count). The number of nitrogens with zero attached hydrogens (tertiary/aromatic N) is 2. The summed E-state index contributed by atoms with van der Waals surface area (Å²) in [5, 5.41) is 0. The van der Waals surface area contributed by atoms with Crippen molar-refractivity contribution in [2.24, 2.45) is 0 Å². The van der Waals surface area contributed by atoms with E-state index in [1.165, 1.54) is 6.33 Å². The van der Waals surface area contributed by atoms with E-state index in [0.29, 0.717) is 0 Å². The van der Waals surface area contributed by atoms with Gasteiger partial charge in [0.1, 0.15) is 6.33 Å². The maximum atomic E-state index is 3.67. The maximum absolute atomic E-state index is 3.67. The normalized spacial score (nSPS) is 8.38. The van der Waals surface area contributed by atoms with E-state index in [-0.39, 0.29) is 0 Å². The third-order valence-electron chi connectivity index (χ3n) is 1.21. The number of aromatic nitrogens is 2. The lowest BCUT2D eigenvalue weighted by atomic mass is 10.4. The van der Waals surface area contributed by atoms with E-state index in [9.17, 15) is 0 Å². The topological polar surface area (TPSA) is 25.8 Å². The van der Waals surface area contributed by atoms with Gasteiger partial charge in [-0.05, 0) is 18.2 Å². The van der Waals surface area contributed by atoms with Gasteiger partial charge in [-0.25, -0.2) is 9.97 Å². The molecule has 2 aromatic rings. The van der Waals surface area contributed by atoms with Gasteiger partial charge >= 0.3 is 0 Å². The van der Waals surface area contributed by atoms with E-state index in [1.807, 2.05) is 30.3 Å². The molecule has 0 atom stereocenters. The molecule has 3 heteroatoms. The van der Waals surface area contributed by atoms with Crippen molar-refractivity contribution < 1.29 is 0 Å². The average molecular weight is 237 g/mol. The van der Waals surface area contributed by atoms with Crippen LogP contribution < -0.4 is 0 Å². The first kappa shape index (κ1) is 9.86. The van der Waals surface area contributed by atoms with Gasteiger partial charge in [-0.3, -0.25) is 0 Å². The van der Waals surface area contributed by atoms with Crippen molar-refractivity contribution in [3.8, 4) is 0 Å². The van der Waals surface area contributed by atoms with Crippen LogP contribution in [-0.2, 0) is 0 Å². The number of hydrogen-bond donors (Lipinski definition) is 0. The Bertz CT molecular complexity index is 283. The Morgan fingerprint density at radius 1 is 0.846 bits per heavy atom. The Hall–Kier alpha value is -1.22. The third kappa shape index (κ3) is 5.09. The molecule has 0 saturated heterocycles. The summed E-state index contributed by atoms with van der Waals surface area (Å²) < 4.78 is 1.13. The van der Waals surface area contributed by atoms with E-state index >= 15 is 0 Å². The van der Waals surface area contributed by atoms with Crippen LogP contribution in [0.4, 0.5) is 0 Å². The molecule has 2 nitrogen and oxygen atoms in total. The Kier molecular flexibility index (Phi) is 4.79. The summed E-state index contributed by atoms with van der Waals surface area (Å²) in [6.45, 7) is 0. The first-order valence-corrected chi connectivity index (χ1v) is 4.59. The third-order valence-corrected chi connectivity index (χ3v) is 1.74. The second kappa shape index (κ2) is 6.31. The van der Waals surface area contributed by atoms with Crippen molar-refractivity contribution in [1.82, 2.24) is 9.97 Å². The fraction of sp³-hybridized carbons (Fsp3) is 0. The summed E-state index contributed by atoms with van der Waals surface area (Å²) in [5.41, 5.74) is 0. The second-order valence-corrected chi connectivity index (χ2v) is 3.12. The number of halogens is 1. The maximum Gasteiger partial charge on any atom is 0.115 e. The van der Waals surface area contributed by atoms with Gasteiger partial charge in [0.15, 0.2) is 0 Å². The summed E-state index contributed by atoms with van der Waals surface area (Å²) >= 11 is 3.31. The Labute approximate surface area is 85.8 Å². The molecule has 1 heterocycles. The van der Waals surface area contributed by atoms with Crippen LogP contribution in [0.15, 0.2) is 59.6 Å². The lowest BCUT2D eigenvalue weighted by Crippen LogP contribution is -1.66. The molecule has 0 aliphatic heterocycles. The molecule has 1 aromatic heterocycles. The first-order valence-electron chi connectivity index (χ1n) is 3.80. The summed E-state index contributed by atoms with van der Waals surface area (Å²) in [7, 11) is 0. The van der Waals surface area contributed by atoms with E-state index in [0.717, 1.165) is 4.47 Å². The van der Waals surface area contributed by atoms with Gasteiger partial charge in [-0.1, -0.05) is 34.1 Å². The standard InChI is InChI=1S/C6H5Br.C4H4N2/c7-6-4-2-1-3-5-6;1-2-5-4-6-3-1/h1-5H;1-4H. The minimum Gasteiger partial charge on any atom is -0.245 e. The molecule has 0 radical (unpaired) electrons. The van der Waals surface area contributed by atoms with Gasteiger partial charge in [0.2, 0.25) is 0 Å². The Morgan fingerprint density at radius 2 is 1.46 bits per heavy atom. The second-order valence-electron chi connectivity index (χ2n) is 2.20. The molecular weight excluding hydrogens is 228 g/mol. The number of benzene rings is 1. The van der Waals surface area contributed by atoms with Crippen LogP contribution >= 0.6 is 15.9 Å². The highest BCUT2D eigenvalue weighted by molar-refractivity contribution is 9.10. The van der Waals surface area contributed by atoms with E-state index in [2.05, 4.69) is 25.9 Å². The fourth-order valence-corrected chi connectivity index (χ4v) is 0.973. The predicted octanol–water partition coefficient (Wildman–Crippen LogP) is 2.93. The van der Waals surface area contributed by atoms with Crippen LogP contribution in [0.2, 0.25) is 0 Å². The van der Waals surface area contributed by atoms with Gasteiger partial charge in [0.05, 0.1) is 0 Å². The zero-order valence-electron chi connectivity index (χ0n) is 6.97. The van der Waals surface area contributed by atoms with Crippen molar-refractivity contribution in [1.29, 1.82) is 0 Å². The minimum atomic E-state index is 1.13. The van der Waals surface area contributed by atoms with E-state index in [4.69, 9.17) is 0 Å². The monoisotopic (exact) mass is 236 g/mol. The lowest BCUT2D eigenvalue weighted by Gasteiger charge is -1.80. The first-order chi connectivity index (χ1) is 6.39. The summed E-state index contributed by atoms with van der Waals surface area (Å²) in [6.07, 6.45) is 4.88. The van der Waals surface area contributed by atoms with Crippen LogP contribution in [0, 0.1) is 0 Å². The summed E-state index contributed by atoms with van der Waals surface area (Å²) in [6, 6.07) is 11.7. The Morgan fingerprint density at radius 3 is 1.69 bits per heavy atom. The molecule has 0 fully saturated rings. The van der Waals surface area contributed by atoms with Crippen molar-refractivity contribution >= 4 is 15.9 Å². The van der Waals surface area contributed by atoms with Gasteiger partial charge in [0, 0.05) is 16.9 Å². The van der Waals surface area contributed by atoms with E-state index < -0.39 is 0 Å². The largest absolute Gasteiger partial charge is 0.245 e. The van der Waals surface area contributed by atoms with Gasteiger partial charge < -0.3 is 0 Å². The smallest absolute Gasteiger partial charge is 0.115 e. The molecular formula is C10H9BrN2. The molecule has 66 valence electrons. The van der Waals surface area contributed by atoms with Crippen LogP contribution in [0.5, 0.6) is 0 Å². The minimum absolute atomic E-state index is 1.13. The Balaban J connectivity index is 0.000000132. The van der Waals surface area contributed by atoms with Crippen LogP contribution in [0.25, 0.3) is 0 Å².